The third-order valence-electron chi connectivity index (χ3n) is 3.04. The van der Waals surface area contributed by atoms with Crippen molar-refractivity contribution < 1.29 is 14.6 Å². The lowest BCUT2D eigenvalue weighted by molar-refractivity contribution is -0.140. The maximum absolute atomic E-state index is 10.8. The van der Waals surface area contributed by atoms with Gasteiger partial charge in [0.25, 0.3) is 0 Å². The van der Waals surface area contributed by atoms with Crippen LogP contribution in [0.3, 0.4) is 0 Å². The van der Waals surface area contributed by atoms with Gasteiger partial charge in [-0.1, -0.05) is 27.7 Å². The maximum Gasteiger partial charge on any atom is 0.308 e. The largest absolute Gasteiger partial charge is 0.496 e. The number of ether oxygens (including phenoxy) is 1. The lowest BCUT2D eigenvalue weighted by Crippen LogP contribution is -2.20. The number of aliphatic carboxylic acids is 1. The predicted octanol–water partition coefficient (Wildman–Crippen LogP) is 3.13. The van der Waals surface area contributed by atoms with Crippen LogP contribution in [0.5, 0.6) is 5.75 Å². The Morgan fingerprint density at radius 1 is 1.42 bits per heavy atom. The summed E-state index contributed by atoms with van der Waals surface area (Å²) in [7, 11) is 1.66. The van der Waals surface area contributed by atoms with Gasteiger partial charge in [-0.15, -0.1) is 0 Å². The van der Waals surface area contributed by atoms with Crippen molar-refractivity contribution in [1.82, 2.24) is 0 Å². The molecule has 106 valence electrons. The molecule has 0 bridgehead atoms. The quantitative estimate of drug-likeness (QED) is 0.858. The smallest absolute Gasteiger partial charge is 0.308 e. The first kappa shape index (κ1) is 15.3. The Bertz CT molecular complexity index is 449. The van der Waals surface area contributed by atoms with Crippen LogP contribution >= 0.6 is 0 Å². The summed E-state index contributed by atoms with van der Waals surface area (Å²) in [5.41, 5.74) is 1.99. The highest BCUT2D eigenvalue weighted by molar-refractivity contribution is 5.70. The number of anilines is 1. The molecule has 1 aromatic rings. The first-order valence-electron chi connectivity index (χ1n) is 6.41. The standard InChI is InChI=1S/C15H23NO3/c1-10(14(17)18)9-16-11-6-7-13(19-5)12(8-11)15(2,3)4/h6-8,10,16H,9H2,1-5H3,(H,17,18). The van der Waals surface area contributed by atoms with Gasteiger partial charge in [0.15, 0.2) is 0 Å². The molecule has 0 aliphatic heterocycles. The molecule has 0 spiro atoms. The minimum Gasteiger partial charge on any atom is -0.496 e. The van der Waals surface area contributed by atoms with Gasteiger partial charge in [0.1, 0.15) is 5.75 Å². The minimum atomic E-state index is -0.794. The fourth-order valence-electron chi connectivity index (χ4n) is 1.76. The second-order valence-electron chi connectivity index (χ2n) is 5.79. The monoisotopic (exact) mass is 265 g/mol. The number of rotatable bonds is 5. The Kier molecular flexibility index (Phi) is 4.81. The van der Waals surface area contributed by atoms with Crippen LogP contribution in [0.4, 0.5) is 5.69 Å². The van der Waals surface area contributed by atoms with E-state index in [9.17, 15) is 4.79 Å². The molecule has 4 nitrogen and oxygen atoms in total. The summed E-state index contributed by atoms with van der Waals surface area (Å²) in [6, 6.07) is 5.84. The number of benzene rings is 1. The summed E-state index contributed by atoms with van der Waals surface area (Å²) < 4.78 is 5.37. The zero-order chi connectivity index (χ0) is 14.6. The van der Waals surface area contributed by atoms with E-state index in [1.807, 2.05) is 18.2 Å². The third-order valence-corrected chi connectivity index (χ3v) is 3.04. The molecule has 1 aromatic carbocycles. The fourth-order valence-corrected chi connectivity index (χ4v) is 1.76. The second-order valence-corrected chi connectivity index (χ2v) is 5.79. The van der Waals surface area contributed by atoms with Crippen LogP contribution in [0, 0.1) is 5.92 Å². The molecule has 1 unspecified atom stereocenters. The summed E-state index contributed by atoms with van der Waals surface area (Å²) in [6.45, 7) is 8.45. The summed E-state index contributed by atoms with van der Waals surface area (Å²) in [6.07, 6.45) is 0. The predicted molar refractivity (Wildman–Crippen MR) is 77.0 cm³/mol. The van der Waals surface area contributed by atoms with Crippen molar-refractivity contribution in [1.29, 1.82) is 0 Å². The lowest BCUT2D eigenvalue weighted by Gasteiger charge is -2.23. The molecule has 0 radical (unpaired) electrons. The van der Waals surface area contributed by atoms with Crippen LogP contribution in [0.2, 0.25) is 0 Å². The van der Waals surface area contributed by atoms with Crippen molar-refractivity contribution in [3.05, 3.63) is 23.8 Å². The van der Waals surface area contributed by atoms with Crippen LogP contribution in [0.25, 0.3) is 0 Å². The fraction of sp³-hybridized carbons (Fsp3) is 0.533. The Hall–Kier alpha value is -1.71. The van der Waals surface area contributed by atoms with E-state index in [1.165, 1.54) is 0 Å². The minimum absolute atomic E-state index is 0.0263. The van der Waals surface area contributed by atoms with Gasteiger partial charge in [0.05, 0.1) is 13.0 Å². The van der Waals surface area contributed by atoms with Crippen molar-refractivity contribution >= 4 is 11.7 Å². The molecular weight excluding hydrogens is 242 g/mol. The highest BCUT2D eigenvalue weighted by Crippen LogP contribution is 2.33. The molecule has 1 atom stereocenters. The van der Waals surface area contributed by atoms with E-state index >= 15 is 0 Å². The summed E-state index contributed by atoms with van der Waals surface area (Å²) in [4.78, 5) is 10.8. The van der Waals surface area contributed by atoms with Gasteiger partial charge in [-0.2, -0.15) is 0 Å². The number of carboxylic acids is 1. The highest BCUT2D eigenvalue weighted by atomic mass is 16.5. The number of carbonyl (C=O) groups is 1. The number of carboxylic acid groups (broad SMARTS) is 1. The van der Waals surface area contributed by atoms with E-state index in [-0.39, 0.29) is 5.41 Å². The van der Waals surface area contributed by atoms with Crippen LogP contribution in [0.1, 0.15) is 33.3 Å². The van der Waals surface area contributed by atoms with Crippen molar-refractivity contribution in [2.75, 3.05) is 19.0 Å². The van der Waals surface area contributed by atoms with Gasteiger partial charge >= 0.3 is 5.97 Å². The second kappa shape index (κ2) is 5.95. The van der Waals surface area contributed by atoms with E-state index < -0.39 is 11.9 Å². The van der Waals surface area contributed by atoms with Gasteiger partial charge < -0.3 is 15.2 Å². The summed E-state index contributed by atoms with van der Waals surface area (Å²) in [5.74, 6) is -0.360. The molecule has 0 aliphatic carbocycles. The average molecular weight is 265 g/mol. The molecule has 0 saturated carbocycles. The molecule has 0 heterocycles. The number of methoxy groups -OCH3 is 1. The molecule has 0 amide bonds. The zero-order valence-electron chi connectivity index (χ0n) is 12.3. The summed E-state index contributed by atoms with van der Waals surface area (Å²) >= 11 is 0. The van der Waals surface area contributed by atoms with Crippen molar-refractivity contribution in [3.63, 3.8) is 0 Å². The molecule has 0 saturated heterocycles. The molecule has 0 aromatic heterocycles. The zero-order valence-corrected chi connectivity index (χ0v) is 12.3. The Balaban J connectivity index is 2.90. The van der Waals surface area contributed by atoms with Crippen LogP contribution in [-0.2, 0) is 10.2 Å². The van der Waals surface area contributed by atoms with Crippen LogP contribution in [-0.4, -0.2) is 24.7 Å². The van der Waals surface area contributed by atoms with E-state index in [0.29, 0.717) is 6.54 Å². The molecule has 2 N–H and O–H groups in total. The van der Waals surface area contributed by atoms with Gasteiger partial charge in [-0.05, 0) is 23.6 Å². The van der Waals surface area contributed by atoms with E-state index in [2.05, 4.69) is 26.1 Å². The number of hydrogen-bond acceptors (Lipinski definition) is 3. The third kappa shape index (κ3) is 4.16. The Labute approximate surface area is 114 Å². The van der Waals surface area contributed by atoms with E-state index in [0.717, 1.165) is 17.0 Å². The van der Waals surface area contributed by atoms with Gasteiger partial charge in [0.2, 0.25) is 0 Å². The lowest BCUT2D eigenvalue weighted by atomic mass is 9.86. The normalized spacial score (nSPS) is 12.9. The van der Waals surface area contributed by atoms with Gasteiger partial charge in [-0.3, -0.25) is 4.79 Å². The van der Waals surface area contributed by atoms with E-state index in [4.69, 9.17) is 9.84 Å². The van der Waals surface area contributed by atoms with Crippen LogP contribution in [0.15, 0.2) is 18.2 Å². The van der Waals surface area contributed by atoms with Crippen LogP contribution < -0.4 is 10.1 Å². The topological polar surface area (TPSA) is 58.6 Å². The van der Waals surface area contributed by atoms with Crippen molar-refractivity contribution in [2.45, 2.75) is 33.1 Å². The first-order chi connectivity index (χ1) is 8.75. The molecule has 19 heavy (non-hydrogen) atoms. The molecule has 0 fully saturated rings. The van der Waals surface area contributed by atoms with E-state index in [1.54, 1.807) is 14.0 Å². The Morgan fingerprint density at radius 3 is 2.53 bits per heavy atom. The number of nitrogens with one attached hydrogen (secondary N) is 1. The molecule has 1 rings (SSSR count). The van der Waals surface area contributed by atoms with Crippen molar-refractivity contribution in [3.8, 4) is 5.75 Å². The summed E-state index contributed by atoms with van der Waals surface area (Å²) in [5, 5.41) is 12.0. The van der Waals surface area contributed by atoms with Gasteiger partial charge in [0, 0.05) is 17.8 Å². The SMILES string of the molecule is COc1ccc(NCC(C)C(=O)O)cc1C(C)(C)C. The first-order valence-corrected chi connectivity index (χ1v) is 6.41. The molecular formula is C15H23NO3. The average Bonchev–Trinajstić information content (AvgIpc) is 2.34. The Morgan fingerprint density at radius 2 is 2.05 bits per heavy atom. The molecule has 0 aliphatic rings. The number of hydrogen-bond donors (Lipinski definition) is 2. The maximum atomic E-state index is 10.8. The van der Waals surface area contributed by atoms with Gasteiger partial charge in [-0.25, -0.2) is 0 Å². The highest BCUT2D eigenvalue weighted by Gasteiger charge is 2.19. The van der Waals surface area contributed by atoms with Crippen molar-refractivity contribution in [2.24, 2.45) is 5.92 Å². The molecule has 4 heteroatoms.